The molecule has 1 atom stereocenters. The molecule has 2 amide bonds. The van der Waals surface area contributed by atoms with Crippen molar-refractivity contribution < 1.29 is 14.3 Å². The monoisotopic (exact) mass is 354 g/mol. The first-order chi connectivity index (χ1) is 10.0. The van der Waals surface area contributed by atoms with Crippen molar-refractivity contribution in [3.63, 3.8) is 0 Å². The molecule has 1 N–H and O–H groups in total. The molecule has 0 saturated carbocycles. The number of carbonyl (C=O) groups is 2. The first kappa shape index (κ1) is 15.8. The van der Waals surface area contributed by atoms with Crippen LogP contribution >= 0.6 is 15.9 Å². The summed E-state index contributed by atoms with van der Waals surface area (Å²) in [5, 5.41) is 2.95. The van der Waals surface area contributed by atoms with Gasteiger partial charge in [0.15, 0.2) is 0 Å². The van der Waals surface area contributed by atoms with E-state index in [9.17, 15) is 9.59 Å². The fraction of sp³-hybridized carbons (Fsp3) is 0.467. The Morgan fingerprint density at radius 3 is 2.76 bits per heavy atom. The molecule has 1 heterocycles. The lowest BCUT2D eigenvalue weighted by Gasteiger charge is -2.16. The van der Waals surface area contributed by atoms with Crippen LogP contribution in [0.1, 0.15) is 18.9 Å². The Labute approximate surface area is 132 Å². The molecule has 1 saturated heterocycles. The van der Waals surface area contributed by atoms with Crippen molar-refractivity contribution in [2.75, 3.05) is 19.7 Å². The lowest BCUT2D eigenvalue weighted by molar-refractivity contribution is -0.121. The smallest absolute Gasteiger partial charge is 0.409 e. The molecule has 1 fully saturated rings. The van der Waals surface area contributed by atoms with Crippen molar-refractivity contribution in [3.05, 3.63) is 34.3 Å². The van der Waals surface area contributed by atoms with E-state index in [1.165, 1.54) is 5.56 Å². The van der Waals surface area contributed by atoms with Gasteiger partial charge in [-0.2, -0.15) is 0 Å². The molecule has 0 radical (unpaired) electrons. The molecule has 1 aliphatic heterocycles. The number of halogens is 1. The minimum absolute atomic E-state index is 0.0423. The maximum absolute atomic E-state index is 11.9. The molecule has 1 aromatic carbocycles. The summed E-state index contributed by atoms with van der Waals surface area (Å²) in [6.45, 7) is 3.38. The van der Waals surface area contributed by atoms with Crippen LogP contribution in [-0.2, 0) is 16.0 Å². The van der Waals surface area contributed by atoms with Crippen LogP contribution in [0.2, 0.25) is 0 Å². The van der Waals surface area contributed by atoms with Crippen LogP contribution in [0.4, 0.5) is 4.79 Å². The Kier molecular flexibility index (Phi) is 5.61. The highest BCUT2D eigenvalue weighted by Crippen LogP contribution is 2.12. The van der Waals surface area contributed by atoms with E-state index in [-0.39, 0.29) is 18.0 Å². The van der Waals surface area contributed by atoms with Gasteiger partial charge in [-0.1, -0.05) is 28.1 Å². The lowest BCUT2D eigenvalue weighted by Crippen LogP contribution is -2.36. The maximum Gasteiger partial charge on any atom is 0.409 e. The number of amides is 2. The van der Waals surface area contributed by atoms with Gasteiger partial charge in [0.05, 0.1) is 6.54 Å². The normalized spacial score (nSPS) is 15.7. The zero-order chi connectivity index (χ0) is 15.2. The molecule has 0 bridgehead atoms. The van der Waals surface area contributed by atoms with Gasteiger partial charge in [0.25, 0.3) is 0 Å². The quantitative estimate of drug-likeness (QED) is 0.852. The van der Waals surface area contributed by atoms with Crippen molar-refractivity contribution in [1.29, 1.82) is 0 Å². The summed E-state index contributed by atoms with van der Waals surface area (Å²) in [6.07, 6.45) is 0.760. The second-order valence-electron chi connectivity index (χ2n) is 5.15. The lowest BCUT2D eigenvalue weighted by atomic mass is 10.1. The molecule has 0 aliphatic carbocycles. The number of nitrogens with one attached hydrogen (secondary N) is 1. The van der Waals surface area contributed by atoms with E-state index >= 15 is 0 Å². The number of ether oxygens (including phenoxy) is 1. The third kappa shape index (κ3) is 5.04. The van der Waals surface area contributed by atoms with E-state index < -0.39 is 0 Å². The maximum atomic E-state index is 11.9. The number of hydrogen-bond acceptors (Lipinski definition) is 3. The van der Waals surface area contributed by atoms with Gasteiger partial charge >= 0.3 is 6.09 Å². The highest BCUT2D eigenvalue weighted by molar-refractivity contribution is 9.10. The number of cyclic esters (lactones) is 1. The molecule has 114 valence electrons. The van der Waals surface area contributed by atoms with Gasteiger partial charge in [-0.05, 0) is 31.0 Å². The topological polar surface area (TPSA) is 58.6 Å². The Balaban J connectivity index is 1.71. The molecule has 1 aliphatic rings. The van der Waals surface area contributed by atoms with Crippen molar-refractivity contribution in [2.45, 2.75) is 25.8 Å². The van der Waals surface area contributed by atoms with Gasteiger partial charge in [0.1, 0.15) is 6.61 Å². The van der Waals surface area contributed by atoms with E-state index in [1.54, 1.807) is 4.90 Å². The minimum atomic E-state index is -0.328. The summed E-state index contributed by atoms with van der Waals surface area (Å²) in [5.41, 5.74) is 1.18. The van der Waals surface area contributed by atoms with Crippen LogP contribution in [0.3, 0.4) is 0 Å². The highest BCUT2D eigenvalue weighted by Gasteiger charge is 2.22. The molecule has 0 spiro atoms. The molecule has 6 heteroatoms. The predicted octanol–water partition coefficient (Wildman–Crippen LogP) is 2.34. The molecule has 2 rings (SSSR count). The van der Waals surface area contributed by atoms with Crippen molar-refractivity contribution in [2.24, 2.45) is 0 Å². The van der Waals surface area contributed by atoms with Crippen LogP contribution in [-0.4, -0.2) is 42.6 Å². The van der Waals surface area contributed by atoms with Gasteiger partial charge in [-0.3, -0.25) is 4.79 Å². The molecule has 0 aromatic heterocycles. The second-order valence-corrected chi connectivity index (χ2v) is 6.07. The third-order valence-electron chi connectivity index (χ3n) is 3.32. The van der Waals surface area contributed by atoms with Gasteiger partial charge in [0.2, 0.25) is 5.91 Å². The molecular formula is C15H19BrN2O3. The largest absolute Gasteiger partial charge is 0.448 e. The van der Waals surface area contributed by atoms with E-state index in [0.717, 1.165) is 10.9 Å². The number of nitrogens with zero attached hydrogens (tertiary/aromatic N) is 1. The van der Waals surface area contributed by atoms with E-state index in [4.69, 9.17) is 4.74 Å². The molecule has 1 aromatic rings. The zero-order valence-corrected chi connectivity index (χ0v) is 13.6. The van der Waals surface area contributed by atoms with Crippen molar-refractivity contribution in [3.8, 4) is 0 Å². The summed E-state index contributed by atoms with van der Waals surface area (Å²) in [6, 6.07) is 8.11. The van der Waals surface area contributed by atoms with Crippen LogP contribution in [0, 0.1) is 0 Å². The zero-order valence-electron chi connectivity index (χ0n) is 12.0. The van der Waals surface area contributed by atoms with Crippen molar-refractivity contribution in [1.82, 2.24) is 10.2 Å². The second kappa shape index (κ2) is 7.45. The van der Waals surface area contributed by atoms with E-state index in [0.29, 0.717) is 26.1 Å². The molecule has 5 nitrogen and oxygen atoms in total. The van der Waals surface area contributed by atoms with E-state index in [1.807, 2.05) is 31.2 Å². The Morgan fingerprint density at radius 2 is 2.14 bits per heavy atom. The van der Waals surface area contributed by atoms with Crippen LogP contribution in [0.5, 0.6) is 0 Å². The average Bonchev–Trinajstić information content (AvgIpc) is 2.84. The number of rotatable bonds is 6. The summed E-state index contributed by atoms with van der Waals surface area (Å²) in [7, 11) is 0. The summed E-state index contributed by atoms with van der Waals surface area (Å²) >= 11 is 3.40. The van der Waals surface area contributed by atoms with Crippen LogP contribution in [0.15, 0.2) is 28.7 Å². The SMILES string of the molecule is C[C@@H](Cc1ccc(Br)cc1)NC(=O)CCN1CCOC1=O. The Hall–Kier alpha value is -1.56. The summed E-state index contributed by atoms with van der Waals surface area (Å²) in [4.78, 5) is 24.7. The van der Waals surface area contributed by atoms with Crippen molar-refractivity contribution >= 4 is 27.9 Å². The highest BCUT2D eigenvalue weighted by atomic mass is 79.9. The number of carbonyl (C=O) groups excluding carboxylic acids is 2. The molecule has 0 unspecified atom stereocenters. The first-order valence-electron chi connectivity index (χ1n) is 7.00. The van der Waals surface area contributed by atoms with Gasteiger partial charge in [-0.15, -0.1) is 0 Å². The Morgan fingerprint density at radius 1 is 1.43 bits per heavy atom. The average molecular weight is 355 g/mol. The standard InChI is InChI=1S/C15H19BrN2O3/c1-11(10-12-2-4-13(16)5-3-12)17-14(19)6-7-18-8-9-21-15(18)20/h2-5,11H,6-10H2,1H3,(H,17,19)/t11-/m0/s1. The Bertz CT molecular complexity index is 504. The molecular weight excluding hydrogens is 336 g/mol. The van der Waals surface area contributed by atoms with Gasteiger partial charge in [0, 0.05) is 23.5 Å². The minimum Gasteiger partial charge on any atom is -0.448 e. The fourth-order valence-corrected chi connectivity index (χ4v) is 2.50. The third-order valence-corrected chi connectivity index (χ3v) is 3.84. The van der Waals surface area contributed by atoms with Gasteiger partial charge < -0.3 is 15.0 Å². The number of hydrogen-bond donors (Lipinski definition) is 1. The summed E-state index contributed by atoms with van der Waals surface area (Å²) in [5.74, 6) is -0.0423. The van der Waals surface area contributed by atoms with Crippen LogP contribution < -0.4 is 5.32 Å². The number of benzene rings is 1. The van der Waals surface area contributed by atoms with Gasteiger partial charge in [-0.25, -0.2) is 4.79 Å². The molecule has 21 heavy (non-hydrogen) atoms. The fourth-order valence-electron chi connectivity index (χ4n) is 2.24. The van der Waals surface area contributed by atoms with Crippen LogP contribution in [0.25, 0.3) is 0 Å². The first-order valence-corrected chi connectivity index (χ1v) is 7.79. The summed E-state index contributed by atoms with van der Waals surface area (Å²) < 4.78 is 5.86. The van der Waals surface area contributed by atoms with E-state index in [2.05, 4.69) is 21.2 Å². The predicted molar refractivity (Wildman–Crippen MR) is 83.0 cm³/mol.